The van der Waals surface area contributed by atoms with Crippen molar-refractivity contribution in [3.05, 3.63) is 158 Å². The SMILES string of the molecule is CC/C=C/C=C/C=C/C=C/C=C/C=C/CCCCCC(=O)OCC(COC(=O)CCC/C=C/C=C/C=C/C=C/C=C/CC)OC(=O)CCCCCCCCC/C=C/C/C=C/CC. The first-order valence-corrected chi connectivity index (χ1v) is 23.6. The van der Waals surface area contributed by atoms with Crippen LogP contribution in [0.1, 0.15) is 156 Å². The van der Waals surface area contributed by atoms with E-state index in [2.05, 4.69) is 63.3 Å². The van der Waals surface area contributed by atoms with Crippen LogP contribution in [0.5, 0.6) is 0 Å². The Kier molecular flexibility index (Phi) is 44.8. The molecule has 6 nitrogen and oxygen atoms in total. The molecule has 342 valence electrons. The van der Waals surface area contributed by atoms with Gasteiger partial charge in [0.25, 0.3) is 0 Å². The monoisotopic (exact) mass is 851 g/mol. The van der Waals surface area contributed by atoms with Gasteiger partial charge in [-0.3, -0.25) is 14.4 Å². The maximum atomic E-state index is 12.8. The number of hydrogen-bond donors (Lipinski definition) is 0. The van der Waals surface area contributed by atoms with Crippen molar-refractivity contribution in [2.75, 3.05) is 13.2 Å². The molecule has 0 bridgehead atoms. The van der Waals surface area contributed by atoms with Gasteiger partial charge < -0.3 is 14.2 Å². The van der Waals surface area contributed by atoms with Crippen molar-refractivity contribution < 1.29 is 28.6 Å². The van der Waals surface area contributed by atoms with E-state index in [9.17, 15) is 14.4 Å². The molecule has 0 saturated heterocycles. The van der Waals surface area contributed by atoms with Crippen molar-refractivity contribution in [1.82, 2.24) is 0 Å². The third-order valence-electron chi connectivity index (χ3n) is 9.05. The van der Waals surface area contributed by atoms with Gasteiger partial charge in [-0.2, -0.15) is 0 Å². The number of allylic oxidation sites excluding steroid dienone is 26. The molecule has 0 rings (SSSR count). The Morgan fingerprint density at radius 1 is 0.339 bits per heavy atom. The van der Waals surface area contributed by atoms with Gasteiger partial charge in [-0.1, -0.05) is 217 Å². The number of esters is 3. The molecule has 0 aliphatic rings. The first-order chi connectivity index (χ1) is 30.5. The van der Waals surface area contributed by atoms with Crippen LogP contribution in [0.4, 0.5) is 0 Å². The highest BCUT2D eigenvalue weighted by atomic mass is 16.6. The van der Waals surface area contributed by atoms with Gasteiger partial charge in [0.05, 0.1) is 0 Å². The van der Waals surface area contributed by atoms with Gasteiger partial charge in [-0.15, -0.1) is 0 Å². The Labute approximate surface area is 378 Å². The second-order valence-electron chi connectivity index (χ2n) is 14.8. The maximum Gasteiger partial charge on any atom is 0.306 e. The van der Waals surface area contributed by atoms with Crippen molar-refractivity contribution >= 4 is 17.9 Å². The number of ether oxygens (including phenoxy) is 3. The lowest BCUT2D eigenvalue weighted by Crippen LogP contribution is -2.30. The van der Waals surface area contributed by atoms with Crippen molar-refractivity contribution in [2.24, 2.45) is 0 Å². The molecule has 0 amide bonds. The molecular formula is C56H82O6. The minimum absolute atomic E-state index is 0.135. The topological polar surface area (TPSA) is 78.9 Å². The molecule has 0 radical (unpaired) electrons. The molecule has 0 heterocycles. The molecule has 0 aromatic rings. The van der Waals surface area contributed by atoms with Crippen LogP contribution in [0.2, 0.25) is 0 Å². The molecule has 0 aliphatic heterocycles. The number of hydrogen-bond acceptors (Lipinski definition) is 6. The maximum absolute atomic E-state index is 12.8. The highest BCUT2D eigenvalue weighted by Crippen LogP contribution is 2.12. The standard InChI is InChI=1S/C56H82O6/c1-4-7-10-13-16-19-22-25-27-28-29-32-34-37-40-43-46-49-55(58)61-52-53(51-60-54(57)48-45-42-39-36-33-30-24-21-18-15-12-9-6-3)62-56(59)50-47-44-41-38-35-31-26-23-20-17-14-11-8-5-2/h7-13,15-22,24-25,27-30,32-34,36,39,53H,4-6,14,23,26,31,35,37-38,40-52H2,1-3H3/b10-7+,11-8+,12-9+,16-13+,18-15+,20-17+,22-19+,24-21+,27-25+,29-28+,33-30+,34-32+,39-36+. The quantitative estimate of drug-likeness (QED) is 0.0202. The van der Waals surface area contributed by atoms with Gasteiger partial charge in [0.15, 0.2) is 6.10 Å². The molecule has 1 unspecified atom stereocenters. The summed E-state index contributed by atoms with van der Waals surface area (Å²) in [5, 5.41) is 0. The summed E-state index contributed by atoms with van der Waals surface area (Å²) in [4.78, 5) is 37.8. The van der Waals surface area contributed by atoms with E-state index in [-0.39, 0.29) is 50.4 Å². The van der Waals surface area contributed by atoms with E-state index in [0.717, 1.165) is 83.5 Å². The number of carbonyl (C=O) groups excluding carboxylic acids is 3. The Morgan fingerprint density at radius 2 is 0.677 bits per heavy atom. The molecule has 0 N–H and O–H groups in total. The molecule has 1 atom stereocenters. The zero-order chi connectivity index (χ0) is 45.1. The molecule has 0 aromatic heterocycles. The average Bonchev–Trinajstić information content (AvgIpc) is 3.27. The summed E-state index contributed by atoms with van der Waals surface area (Å²) in [6, 6.07) is 0. The molecule has 6 heteroatoms. The van der Waals surface area contributed by atoms with Crippen LogP contribution in [-0.4, -0.2) is 37.2 Å². The third-order valence-corrected chi connectivity index (χ3v) is 9.05. The molecular weight excluding hydrogens is 769 g/mol. The lowest BCUT2D eigenvalue weighted by Gasteiger charge is -2.18. The van der Waals surface area contributed by atoms with Gasteiger partial charge in [-0.05, 0) is 77.0 Å². The predicted molar refractivity (Wildman–Crippen MR) is 265 cm³/mol. The van der Waals surface area contributed by atoms with Crippen LogP contribution >= 0.6 is 0 Å². The van der Waals surface area contributed by atoms with Crippen LogP contribution in [0, 0.1) is 0 Å². The molecule has 62 heavy (non-hydrogen) atoms. The first kappa shape index (κ1) is 57.0. The molecule has 0 fully saturated rings. The predicted octanol–water partition coefficient (Wildman–Crippen LogP) is 15.5. The molecule has 0 aromatic carbocycles. The largest absolute Gasteiger partial charge is 0.462 e. The van der Waals surface area contributed by atoms with E-state index in [4.69, 9.17) is 14.2 Å². The first-order valence-electron chi connectivity index (χ1n) is 23.6. The van der Waals surface area contributed by atoms with E-state index in [0.29, 0.717) is 12.8 Å². The molecule has 0 saturated carbocycles. The fourth-order valence-electron chi connectivity index (χ4n) is 5.60. The number of rotatable bonds is 39. The van der Waals surface area contributed by atoms with Crippen LogP contribution in [0.15, 0.2) is 158 Å². The average molecular weight is 851 g/mol. The minimum Gasteiger partial charge on any atom is -0.462 e. The second kappa shape index (κ2) is 48.7. The van der Waals surface area contributed by atoms with Crippen molar-refractivity contribution in [1.29, 1.82) is 0 Å². The van der Waals surface area contributed by atoms with E-state index >= 15 is 0 Å². The zero-order valence-electron chi connectivity index (χ0n) is 38.8. The Morgan fingerprint density at radius 3 is 1.16 bits per heavy atom. The van der Waals surface area contributed by atoms with Crippen molar-refractivity contribution in [3.8, 4) is 0 Å². The smallest absolute Gasteiger partial charge is 0.306 e. The van der Waals surface area contributed by atoms with E-state index < -0.39 is 6.10 Å². The fraction of sp³-hybridized carbons (Fsp3) is 0.482. The van der Waals surface area contributed by atoms with Crippen molar-refractivity contribution in [3.63, 3.8) is 0 Å². The zero-order valence-corrected chi connectivity index (χ0v) is 38.8. The summed E-state index contributed by atoms with van der Waals surface area (Å²) in [7, 11) is 0. The van der Waals surface area contributed by atoms with Gasteiger partial charge in [0.2, 0.25) is 0 Å². The second-order valence-corrected chi connectivity index (χ2v) is 14.8. The summed E-state index contributed by atoms with van der Waals surface area (Å²) in [5.41, 5.74) is 0. The van der Waals surface area contributed by atoms with Crippen LogP contribution in [-0.2, 0) is 28.6 Å². The Bertz CT molecular complexity index is 1490. The van der Waals surface area contributed by atoms with E-state index in [1.807, 2.05) is 115 Å². The summed E-state index contributed by atoms with van der Waals surface area (Å²) in [6.45, 7) is 6.09. The third kappa shape index (κ3) is 46.1. The summed E-state index contributed by atoms with van der Waals surface area (Å²) < 4.78 is 16.6. The molecule has 0 aliphatic carbocycles. The fourth-order valence-corrected chi connectivity index (χ4v) is 5.60. The lowest BCUT2D eigenvalue weighted by atomic mass is 10.1. The van der Waals surface area contributed by atoms with E-state index in [1.54, 1.807) is 0 Å². The highest BCUT2D eigenvalue weighted by Gasteiger charge is 2.19. The van der Waals surface area contributed by atoms with Crippen LogP contribution in [0.3, 0.4) is 0 Å². The summed E-state index contributed by atoms with van der Waals surface area (Å²) >= 11 is 0. The minimum atomic E-state index is -0.836. The Hall–Kier alpha value is -4.97. The van der Waals surface area contributed by atoms with Gasteiger partial charge in [0.1, 0.15) is 13.2 Å². The highest BCUT2D eigenvalue weighted by molar-refractivity contribution is 5.71. The van der Waals surface area contributed by atoms with Gasteiger partial charge >= 0.3 is 17.9 Å². The number of carbonyl (C=O) groups is 3. The summed E-state index contributed by atoms with van der Waals surface area (Å²) in [6.07, 6.45) is 70.8. The number of unbranched alkanes of at least 4 members (excludes halogenated alkanes) is 11. The van der Waals surface area contributed by atoms with Crippen LogP contribution in [0.25, 0.3) is 0 Å². The lowest BCUT2D eigenvalue weighted by molar-refractivity contribution is -0.167. The normalized spacial score (nSPS) is 13.5. The Balaban J connectivity index is 4.63. The van der Waals surface area contributed by atoms with Crippen molar-refractivity contribution in [2.45, 2.75) is 162 Å². The van der Waals surface area contributed by atoms with Gasteiger partial charge in [-0.25, -0.2) is 0 Å². The van der Waals surface area contributed by atoms with E-state index in [1.165, 1.54) is 19.3 Å². The molecule has 0 spiro atoms. The van der Waals surface area contributed by atoms with Gasteiger partial charge in [0, 0.05) is 19.3 Å². The van der Waals surface area contributed by atoms with Crippen LogP contribution < -0.4 is 0 Å². The summed E-state index contributed by atoms with van der Waals surface area (Å²) in [5.74, 6) is -1.08.